The fourth-order valence-corrected chi connectivity index (χ4v) is 2.17. The maximum atomic E-state index is 11.5. The summed E-state index contributed by atoms with van der Waals surface area (Å²) in [6, 6.07) is -0.0398. The molecule has 5 heteroatoms. The van der Waals surface area contributed by atoms with E-state index >= 15 is 0 Å². The van der Waals surface area contributed by atoms with Gasteiger partial charge in [-0.15, -0.1) is 0 Å². The molecule has 0 aromatic rings. The van der Waals surface area contributed by atoms with Gasteiger partial charge in [-0.2, -0.15) is 0 Å². The van der Waals surface area contributed by atoms with E-state index in [4.69, 9.17) is 4.74 Å². The van der Waals surface area contributed by atoms with Crippen molar-refractivity contribution in [2.45, 2.75) is 51.9 Å². The van der Waals surface area contributed by atoms with Crippen LogP contribution < -0.4 is 10.6 Å². The summed E-state index contributed by atoms with van der Waals surface area (Å²) in [7, 11) is 0. The second-order valence-electron chi connectivity index (χ2n) is 6.93. The highest BCUT2D eigenvalue weighted by molar-refractivity contribution is 5.80. The number of nitrogens with one attached hydrogen (secondary N) is 2. The molecule has 0 aromatic carbocycles. The van der Waals surface area contributed by atoms with Gasteiger partial charge in [0.2, 0.25) is 5.91 Å². The Balaban J connectivity index is 1.70. The Morgan fingerprint density at radius 3 is 2.63 bits per heavy atom. The molecule has 1 heterocycles. The van der Waals surface area contributed by atoms with Crippen molar-refractivity contribution in [1.29, 1.82) is 0 Å². The van der Waals surface area contributed by atoms with Crippen LogP contribution in [0, 0.1) is 11.3 Å². The minimum Gasteiger partial charge on any atom is -0.389 e. The fourth-order valence-electron chi connectivity index (χ4n) is 2.17. The van der Waals surface area contributed by atoms with Crippen molar-refractivity contribution >= 4 is 5.91 Å². The first kappa shape index (κ1) is 14.8. The Kier molecular flexibility index (Phi) is 4.48. The molecule has 2 fully saturated rings. The Morgan fingerprint density at radius 1 is 1.37 bits per heavy atom. The minimum absolute atomic E-state index is 0.0398. The highest BCUT2D eigenvalue weighted by Crippen LogP contribution is 2.28. The third-order valence-corrected chi connectivity index (χ3v) is 3.60. The molecule has 1 aliphatic heterocycles. The van der Waals surface area contributed by atoms with Crippen LogP contribution in [-0.4, -0.2) is 49.0 Å². The number of ether oxygens (including phenoxy) is 1. The van der Waals surface area contributed by atoms with E-state index in [0.717, 1.165) is 19.4 Å². The molecule has 5 nitrogen and oxygen atoms in total. The molecule has 3 atom stereocenters. The van der Waals surface area contributed by atoms with Crippen molar-refractivity contribution < 1.29 is 14.6 Å². The number of aliphatic hydroxyl groups is 1. The van der Waals surface area contributed by atoms with Crippen LogP contribution in [0.5, 0.6) is 0 Å². The topological polar surface area (TPSA) is 70.6 Å². The van der Waals surface area contributed by atoms with E-state index in [0.29, 0.717) is 13.2 Å². The van der Waals surface area contributed by atoms with Crippen LogP contribution in [0.3, 0.4) is 0 Å². The SMILES string of the molecule is CC(C)(C)CNC1COC(CNC(=O)C2CC2)C1O. The maximum Gasteiger partial charge on any atom is 0.223 e. The lowest BCUT2D eigenvalue weighted by atomic mass is 9.96. The Morgan fingerprint density at radius 2 is 2.05 bits per heavy atom. The summed E-state index contributed by atoms with van der Waals surface area (Å²) >= 11 is 0. The zero-order valence-electron chi connectivity index (χ0n) is 12.1. The van der Waals surface area contributed by atoms with Crippen LogP contribution in [0.1, 0.15) is 33.6 Å². The van der Waals surface area contributed by atoms with Crippen molar-refractivity contribution in [3.63, 3.8) is 0 Å². The lowest BCUT2D eigenvalue weighted by Gasteiger charge is -2.24. The summed E-state index contributed by atoms with van der Waals surface area (Å²) in [5.74, 6) is 0.301. The van der Waals surface area contributed by atoms with Crippen molar-refractivity contribution in [2.24, 2.45) is 11.3 Å². The molecule has 1 saturated heterocycles. The van der Waals surface area contributed by atoms with Crippen LogP contribution in [0.15, 0.2) is 0 Å². The average Bonchev–Trinajstić information content (AvgIpc) is 3.09. The summed E-state index contributed by atoms with van der Waals surface area (Å²) in [5, 5.41) is 16.4. The van der Waals surface area contributed by atoms with Gasteiger partial charge in [0.05, 0.1) is 18.8 Å². The van der Waals surface area contributed by atoms with Gasteiger partial charge in [-0.3, -0.25) is 4.79 Å². The minimum atomic E-state index is -0.554. The summed E-state index contributed by atoms with van der Waals surface area (Å²) in [6.07, 6.45) is 1.15. The Bertz CT molecular complexity index is 323. The van der Waals surface area contributed by atoms with Crippen LogP contribution >= 0.6 is 0 Å². The summed E-state index contributed by atoms with van der Waals surface area (Å²) < 4.78 is 5.57. The zero-order chi connectivity index (χ0) is 14.0. The molecule has 2 rings (SSSR count). The molecule has 19 heavy (non-hydrogen) atoms. The van der Waals surface area contributed by atoms with Crippen LogP contribution in [0.25, 0.3) is 0 Å². The van der Waals surface area contributed by atoms with Crippen molar-refractivity contribution in [1.82, 2.24) is 10.6 Å². The lowest BCUT2D eigenvalue weighted by molar-refractivity contribution is -0.123. The number of aliphatic hydroxyl groups excluding tert-OH is 1. The number of rotatable bonds is 5. The second kappa shape index (κ2) is 5.77. The van der Waals surface area contributed by atoms with Gasteiger partial charge in [0.25, 0.3) is 0 Å². The van der Waals surface area contributed by atoms with Gasteiger partial charge in [-0.25, -0.2) is 0 Å². The summed E-state index contributed by atoms with van der Waals surface area (Å²) in [6.45, 7) is 8.19. The van der Waals surface area contributed by atoms with Gasteiger partial charge in [-0.1, -0.05) is 20.8 Å². The van der Waals surface area contributed by atoms with Gasteiger partial charge in [-0.05, 0) is 18.3 Å². The number of carbonyl (C=O) groups excluding carboxylic acids is 1. The Labute approximate surface area is 115 Å². The average molecular weight is 270 g/mol. The van der Waals surface area contributed by atoms with Gasteiger partial charge >= 0.3 is 0 Å². The van der Waals surface area contributed by atoms with Crippen LogP contribution in [0.2, 0.25) is 0 Å². The predicted molar refractivity (Wildman–Crippen MR) is 72.7 cm³/mol. The molecular weight excluding hydrogens is 244 g/mol. The molecule has 3 N–H and O–H groups in total. The molecule has 1 aliphatic carbocycles. The zero-order valence-corrected chi connectivity index (χ0v) is 12.1. The second-order valence-corrected chi connectivity index (χ2v) is 6.93. The smallest absolute Gasteiger partial charge is 0.223 e. The van der Waals surface area contributed by atoms with E-state index in [1.54, 1.807) is 0 Å². The van der Waals surface area contributed by atoms with Crippen LogP contribution in [0.4, 0.5) is 0 Å². The van der Waals surface area contributed by atoms with Crippen molar-refractivity contribution in [2.75, 3.05) is 19.7 Å². The van der Waals surface area contributed by atoms with E-state index in [1.807, 2.05) is 0 Å². The number of carbonyl (C=O) groups is 1. The highest BCUT2D eigenvalue weighted by Gasteiger charge is 2.37. The summed E-state index contributed by atoms with van der Waals surface area (Å²) in [4.78, 5) is 11.5. The molecule has 1 amide bonds. The standard InChI is InChI=1S/C14H26N2O3/c1-14(2,3)8-16-10-7-19-11(12(10)17)6-15-13(18)9-4-5-9/h9-12,16-17H,4-8H2,1-3H3,(H,15,18). The highest BCUT2D eigenvalue weighted by atomic mass is 16.5. The predicted octanol–water partition coefficient (Wildman–Crippen LogP) is 0.277. The molecular formula is C14H26N2O3. The monoisotopic (exact) mass is 270 g/mol. The third kappa shape index (κ3) is 4.44. The van der Waals surface area contributed by atoms with E-state index in [2.05, 4.69) is 31.4 Å². The van der Waals surface area contributed by atoms with Crippen molar-refractivity contribution in [3.8, 4) is 0 Å². The number of hydrogen-bond acceptors (Lipinski definition) is 4. The third-order valence-electron chi connectivity index (χ3n) is 3.60. The largest absolute Gasteiger partial charge is 0.389 e. The molecule has 1 saturated carbocycles. The van der Waals surface area contributed by atoms with Gasteiger partial charge in [0.15, 0.2) is 0 Å². The number of amides is 1. The van der Waals surface area contributed by atoms with E-state index in [1.165, 1.54) is 0 Å². The normalized spacial score (nSPS) is 31.5. The molecule has 0 spiro atoms. The van der Waals surface area contributed by atoms with E-state index < -0.39 is 6.10 Å². The Hall–Kier alpha value is -0.650. The first-order valence-corrected chi connectivity index (χ1v) is 7.17. The molecule has 110 valence electrons. The molecule has 0 radical (unpaired) electrons. The van der Waals surface area contributed by atoms with Crippen LogP contribution in [-0.2, 0) is 9.53 Å². The van der Waals surface area contributed by atoms with Gasteiger partial charge in [0.1, 0.15) is 6.10 Å². The quantitative estimate of drug-likeness (QED) is 0.671. The fraction of sp³-hybridized carbons (Fsp3) is 0.929. The maximum absolute atomic E-state index is 11.5. The number of hydrogen-bond donors (Lipinski definition) is 3. The molecule has 0 aromatic heterocycles. The summed E-state index contributed by atoms with van der Waals surface area (Å²) in [5.41, 5.74) is 0.179. The first-order valence-electron chi connectivity index (χ1n) is 7.17. The van der Waals surface area contributed by atoms with Crippen molar-refractivity contribution in [3.05, 3.63) is 0 Å². The van der Waals surface area contributed by atoms with Gasteiger partial charge in [0, 0.05) is 19.0 Å². The molecule has 0 bridgehead atoms. The van der Waals surface area contributed by atoms with Gasteiger partial charge < -0.3 is 20.5 Å². The van der Waals surface area contributed by atoms with E-state index in [9.17, 15) is 9.90 Å². The van der Waals surface area contributed by atoms with E-state index in [-0.39, 0.29) is 29.4 Å². The molecule has 3 unspecified atom stereocenters. The molecule has 2 aliphatic rings. The first-order chi connectivity index (χ1) is 8.87. The lowest BCUT2D eigenvalue weighted by Crippen LogP contribution is -2.46.